The van der Waals surface area contributed by atoms with Gasteiger partial charge in [-0.05, 0) is 43.7 Å². The Morgan fingerprint density at radius 3 is 2.74 bits per heavy atom. The highest BCUT2D eigenvalue weighted by Crippen LogP contribution is 2.22. The molecule has 0 spiro atoms. The number of amides is 1. The third kappa shape index (κ3) is 4.63. The van der Waals surface area contributed by atoms with Crippen LogP contribution in [0.5, 0.6) is 0 Å². The lowest BCUT2D eigenvalue weighted by atomic mass is 10.1. The van der Waals surface area contributed by atoms with Crippen LogP contribution >= 0.6 is 0 Å². The molecule has 0 radical (unpaired) electrons. The number of benzene rings is 2. The van der Waals surface area contributed by atoms with E-state index in [2.05, 4.69) is 21.2 Å². The van der Waals surface area contributed by atoms with E-state index in [9.17, 15) is 14.4 Å². The maximum atomic E-state index is 13.3. The Balaban J connectivity index is 1.63. The van der Waals surface area contributed by atoms with E-state index in [1.54, 1.807) is 12.1 Å². The molecule has 2 aromatic rings. The van der Waals surface area contributed by atoms with Crippen molar-refractivity contribution in [2.75, 3.05) is 36.4 Å². The quantitative estimate of drug-likeness (QED) is 0.903. The summed E-state index contributed by atoms with van der Waals surface area (Å²) in [4.78, 5) is 16.9. The van der Waals surface area contributed by atoms with E-state index in [-0.39, 0.29) is 17.8 Å². The number of halogens is 1. The van der Waals surface area contributed by atoms with E-state index in [0.29, 0.717) is 11.3 Å². The van der Waals surface area contributed by atoms with Crippen LogP contribution in [0.25, 0.3) is 0 Å². The molecule has 1 saturated heterocycles. The predicted molar refractivity (Wildman–Crippen MR) is 104 cm³/mol. The smallest absolute Gasteiger partial charge is 0.241 e. The molecular formula is C21H23FN4O. The van der Waals surface area contributed by atoms with Crippen molar-refractivity contribution in [3.63, 3.8) is 0 Å². The first-order chi connectivity index (χ1) is 13.1. The van der Waals surface area contributed by atoms with Crippen molar-refractivity contribution in [3.8, 4) is 6.07 Å². The van der Waals surface area contributed by atoms with Crippen LogP contribution in [0.4, 0.5) is 15.8 Å². The van der Waals surface area contributed by atoms with Gasteiger partial charge in [0.15, 0.2) is 0 Å². The molecule has 0 unspecified atom stereocenters. The first-order valence-corrected chi connectivity index (χ1v) is 9.13. The number of nitrogens with one attached hydrogen (secondary N) is 1. The lowest BCUT2D eigenvalue weighted by Crippen LogP contribution is -2.44. The van der Waals surface area contributed by atoms with Gasteiger partial charge in [0, 0.05) is 31.9 Å². The minimum absolute atomic E-state index is 0.147. The third-order valence-corrected chi connectivity index (χ3v) is 4.91. The van der Waals surface area contributed by atoms with Gasteiger partial charge in [0.05, 0.1) is 17.3 Å². The minimum atomic E-state index is -0.373. The molecule has 0 saturated carbocycles. The maximum absolute atomic E-state index is 13.3. The topological polar surface area (TPSA) is 59.4 Å². The van der Waals surface area contributed by atoms with E-state index < -0.39 is 0 Å². The number of carbonyl (C=O) groups excluding carboxylic acids is 1. The van der Waals surface area contributed by atoms with Gasteiger partial charge in [-0.15, -0.1) is 0 Å². The standard InChI is InChI=1S/C21H23FN4O/c1-16(21(27)24-19-8-4-7-18(22)14-19)25-10-5-11-26(13-12-25)20-9-3-2-6-17(20)15-23/h2-4,6-9,14,16H,5,10-13H2,1H3,(H,24,27)/t16-/m1/s1. The molecular weight excluding hydrogens is 343 g/mol. The summed E-state index contributed by atoms with van der Waals surface area (Å²) < 4.78 is 13.3. The number of para-hydroxylation sites is 1. The summed E-state index contributed by atoms with van der Waals surface area (Å²) in [6.07, 6.45) is 0.900. The van der Waals surface area contributed by atoms with Crippen LogP contribution in [0.1, 0.15) is 18.9 Å². The Labute approximate surface area is 159 Å². The second-order valence-electron chi connectivity index (χ2n) is 6.68. The molecule has 1 aliphatic rings. The summed E-state index contributed by atoms with van der Waals surface area (Å²) in [6.45, 7) is 4.97. The zero-order chi connectivity index (χ0) is 19.2. The summed E-state index contributed by atoms with van der Waals surface area (Å²) in [6, 6.07) is 15.4. The molecule has 1 aliphatic heterocycles. The number of nitriles is 1. The van der Waals surface area contributed by atoms with Crippen LogP contribution in [0.15, 0.2) is 48.5 Å². The van der Waals surface area contributed by atoms with Gasteiger partial charge < -0.3 is 10.2 Å². The number of hydrogen-bond donors (Lipinski definition) is 1. The van der Waals surface area contributed by atoms with Crippen molar-refractivity contribution >= 4 is 17.3 Å². The second kappa shape index (κ2) is 8.65. The number of nitrogens with zero attached hydrogens (tertiary/aromatic N) is 3. The van der Waals surface area contributed by atoms with Gasteiger partial charge in [-0.25, -0.2) is 4.39 Å². The summed E-state index contributed by atoms with van der Waals surface area (Å²) in [7, 11) is 0. The normalized spacial score (nSPS) is 16.3. The number of rotatable bonds is 4. The van der Waals surface area contributed by atoms with E-state index in [0.717, 1.165) is 38.3 Å². The Hall–Kier alpha value is -2.91. The molecule has 1 heterocycles. The van der Waals surface area contributed by atoms with Crippen molar-refractivity contribution in [1.82, 2.24) is 4.90 Å². The van der Waals surface area contributed by atoms with E-state index >= 15 is 0 Å². The highest BCUT2D eigenvalue weighted by atomic mass is 19.1. The number of anilines is 2. The molecule has 5 nitrogen and oxygen atoms in total. The lowest BCUT2D eigenvalue weighted by Gasteiger charge is -2.27. The largest absolute Gasteiger partial charge is 0.369 e. The van der Waals surface area contributed by atoms with Crippen molar-refractivity contribution in [2.24, 2.45) is 0 Å². The van der Waals surface area contributed by atoms with Crippen LogP contribution in [0, 0.1) is 17.1 Å². The summed E-state index contributed by atoms with van der Waals surface area (Å²) in [5.74, 6) is -0.520. The molecule has 140 valence electrons. The van der Waals surface area contributed by atoms with Gasteiger partial charge in [0.1, 0.15) is 11.9 Å². The third-order valence-electron chi connectivity index (χ3n) is 4.91. The van der Waals surface area contributed by atoms with Gasteiger partial charge in [0.25, 0.3) is 0 Å². The van der Waals surface area contributed by atoms with Crippen LogP contribution in [-0.4, -0.2) is 43.0 Å². The van der Waals surface area contributed by atoms with Gasteiger partial charge in [-0.2, -0.15) is 5.26 Å². The average Bonchev–Trinajstić information content (AvgIpc) is 2.93. The van der Waals surface area contributed by atoms with Gasteiger partial charge in [0.2, 0.25) is 5.91 Å². The van der Waals surface area contributed by atoms with Crippen LogP contribution < -0.4 is 10.2 Å². The van der Waals surface area contributed by atoms with E-state index in [1.807, 2.05) is 31.2 Å². The van der Waals surface area contributed by atoms with Gasteiger partial charge in [-0.1, -0.05) is 18.2 Å². The van der Waals surface area contributed by atoms with Crippen molar-refractivity contribution in [2.45, 2.75) is 19.4 Å². The molecule has 0 aliphatic carbocycles. The first kappa shape index (κ1) is 18.9. The van der Waals surface area contributed by atoms with Crippen LogP contribution in [0.2, 0.25) is 0 Å². The van der Waals surface area contributed by atoms with Gasteiger partial charge in [-0.3, -0.25) is 9.69 Å². The van der Waals surface area contributed by atoms with E-state index in [1.165, 1.54) is 12.1 Å². The Bertz CT molecular complexity index is 848. The average molecular weight is 366 g/mol. The second-order valence-corrected chi connectivity index (χ2v) is 6.68. The number of hydrogen-bond acceptors (Lipinski definition) is 4. The highest BCUT2D eigenvalue weighted by Gasteiger charge is 2.25. The van der Waals surface area contributed by atoms with Gasteiger partial charge >= 0.3 is 0 Å². The monoisotopic (exact) mass is 366 g/mol. The zero-order valence-electron chi connectivity index (χ0n) is 15.4. The molecule has 1 N–H and O–H groups in total. The van der Waals surface area contributed by atoms with Crippen LogP contribution in [0.3, 0.4) is 0 Å². The first-order valence-electron chi connectivity index (χ1n) is 9.13. The Morgan fingerprint density at radius 2 is 1.96 bits per heavy atom. The molecule has 2 aromatic carbocycles. The maximum Gasteiger partial charge on any atom is 0.241 e. The molecule has 1 fully saturated rings. The molecule has 6 heteroatoms. The molecule has 3 rings (SSSR count). The van der Waals surface area contributed by atoms with Crippen molar-refractivity contribution in [1.29, 1.82) is 5.26 Å². The molecule has 1 atom stereocenters. The fourth-order valence-electron chi connectivity index (χ4n) is 3.39. The van der Waals surface area contributed by atoms with Crippen molar-refractivity contribution in [3.05, 3.63) is 59.9 Å². The summed E-state index contributed by atoms with van der Waals surface area (Å²) in [5.41, 5.74) is 2.08. The SMILES string of the molecule is C[C@H](C(=O)Nc1cccc(F)c1)N1CCCN(c2ccccc2C#N)CC1. The lowest BCUT2D eigenvalue weighted by molar-refractivity contribution is -0.120. The predicted octanol–water partition coefficient (Wildman–Crippen LogP) is 3.24. The fourth-order valence-corrected chi connectivity index (χ4v) is 3.39. The van der Waals surface area contributed by atoms with Crippen LogP contribution in [-0.2, 0) is 4.79 Å². The number of carbonyl (C=O) groups is 1. The zero-order valence-corrected chi connectivity index (χ0v) is 15.4. The summed E-state index contributed by atoms with van der Waals surface area (Å²) >= 11 is 0. The van der Waals surface area contributed by atoms with Crippen molar-refractivity contribution < 1.29 is 9.18 Å². The fraction of sp³-hybridized carbons (Fsp3) is 0.333. The minimum Gasteiger partial charge on any atom is -0.369 e. The highest BCUT2D eigenvalue weighted by molar-refractivity contribution is 5.94. The summed E-state index contributed by atoms with van der Waals surface area (Å²) in [5, 5.41) is 12.1. The molecule has 27 heavy (non-hydrogen) atoms. The Morgan fingerprint density at radius 1 is 1.15 bits per heavy atom. The Kier molecular flexibility index (Phi) is 6.05. The molecule has 0 aromatic heterocycles. The van der Waals surface area contributed by atoms with E-state index in [4.69, 9.17) is 0 Å². The molecule has 0 bridgehead atoms. The molecule has 1 amide bonds.